The normalized spacial score (nSPS) is 26.1. The molecule has 0 fully saturated rings. The van der Waals surface area contributed by atoms with Gasteiger partial charge in [0.2, 0.25) is 4.93 Å². The molecule has 0 radical (unpaired) electrons. The zero-order valence-corrected chi connectivity index (χ0v) is 8.16. The van der Waals surface area contributed by atoms with E-state index in [1.54, 1.807) is 18.2 Å². The fourth-order valence-corrected chi connectivity index (χ4v) is 2.66. The van der Waals surface area contributed by atoms with Gasteiger partial charge in [0.15, 0.2) is 0 Å². The first-order valence-electron chi connectivity index (χ1n) is 4.23. The first-order valence-corrected chi connectivity index (χ1v) is 5.67. The van der Waals surface area contributed by atoms with E-state index >= 15 is 0 Å². The van der Waals surface area contributed by atoms with Crippen molar-refractivity contribution >= 4 is 10.1 Å². The Bertz CT molecular complexity index is 465. The molecule has 0 saturated carbocycles. The lowest BCUT2D eigenvalue weighted by Gasteiger charge is -2.19. The number of aliphatic hydroxyl groups is 1. The average Bonchev–Trinajstić information content (AvgIpc) is 2.45. The number of aryl methyl sites for hydroxylation is 1. The average molecular weight is 214 g/mol. The maximum atomic E-state index is 11.0. The number of hydrogen-bond acceptors (Lipinski definition) is 3. The highest BCUT2D eigenvalue weighted by atomic mass is 32.2. The highest BCUT2D eigenvalue weighted by Crippen LogP contribution is 2.40. The Labute approximate surface area is 81.9 Å². The molecule has 2 rings (SSSR count). The number of rotatable bonds is 1. The van der Waals surface area contributed by atoms with Gasteiger partial charge in [0, 0.05) is 12.0 Å². The third-order valence-electron chi connectivity index (χ3n) is 2.60. The van der Waals surface area contributed by atoms with Crippen LogP contribution in [0, 0.1) is 0 Å². The second-order valence-corrected chi connectivity index (χ2v) is 5.04. The van der Waals surface area contributed by atoms with Crippen molar-refractivity contribution in [1.82, 2.24) is 0 Å². The van der Waals surface area contributed by atoms with Crippen molar-refractivity contribution in [1.29, 1.82) is 0 Å². The first-order chi connectivity index (χ1) is 6.45. The molecule has 0 saturated heterocycles. The summed E-state index contributed by atoms with van der Waals surface area (Å²) in [6, 6.07) is 6.68. The Morgan fingerprint density at radius 2 is 1.93 bits per heavy atom. The molecule has 1 aromatic rings. The van der Waals surface area contributed by atoms with Crippen LogP contribution in [-0.2, 0) is 21.5 Å². The Hall–Kier alpha value is -0.910. The Morgan fingerprint density at radius 1 is 1.29 bits per heavy atom. The van der Waals surface area contributed by atoms with Gasteiger partial charge in [-0.05, 0) is 12.0 Å². The minimum absolute atomic E-state index is 0.0190. The lowest BCUT2D eigenvalue weighted by atomic mass is 10.1. The molecule has 0 aliphatic heterocycles. The van der Waals surface area contributed by atoms with Crippen LogP contribution in [0.1, 0.15) is 17.5 Å². The minimum Gasteiger partial charge on any atom is -0.369 e. The second-order valence-electron chi connectivity index (χ2n) is 3.42. The quantitative estimate of drug-likeness (QED) is 0.674. The maximum Gasteiger partial charge on any atom is 0.299 e. The minimum atomic E-state index is -4.46. The van der Waals surface area contributed by atoms with Crippen molar-refractivity contribution in [2.24, 2.45) is 0 Å². The smallest absolute Gasteiger partial charge is 0.299 e. The summed E-state index contributed by atoms with van der Waals surface area (Å²) < 4.78 is 31.0. The standard InChI is InChI=1S/C9H10O4S/c10-9(14(11,12)13)6-5-7-3-1-2-4-8(7)9/h1-4,10H,5-6H2,(H,11,12,13). The molecule has 1 aromatic carbocycles. The SMILES string of the molecule is O=S(=O)(O)C1(O)CCc2ccccc21. The van der Waals surface area contributed by atoms with Crippen molar-refractivity contribution in [2.75, 3.05) is 0 Å². The van der Waals surface area contributed by atoms with Gasteiger partial charge in [0.05, 0.1) is 0 Å². The predicted octanol–water partition coefficient (Wildman–Crippen LogP) is 0.666. The summed E-state index contributed by atoms with van der Waals surface area (Å²) in [4.78, 5) is -2.11. The zero-order chi connectivity index (χ0) is 10.4. The molecule has 0 spiro atoms. The van der Waals surface area contributed by atoms with Gasteiger partial charge in [-0.25, -0.2) is 0 Å². The van der Waals surface area contributed by atoms with Crippen molar-refractivity contribution < 1.29 is 18.1 Å². The van der Waals surface area contributed by atoms with Gasteiger partial charge in [-0.1, -0.05) is 24.3 Å². The molecular formula is C9H10O4S. The molecule has 14 heavy (non-hydrogen) atoms. The summed E-state index contributed by atoms with van der Waals surface area (Å²) in [5.41, 5.74) is 1.06. The van der Waals surface area contributed by atoms with Crippen molar-refractivity contribution in [2.45, 2.75) is 17.8 Å². The van der Waals surface area contributed by atoms with Crippen LogP contribution in [0.25, 0.3) is 0 Å². The van der Waals surface area contributed by atoms with E-state index in [1.807, 2.05) is 0 Å². The molecule has 1 unspecified atom stereocenters. The molecule has 5 heteroatoms. The molecule has 0 amide bonds. The van der Waals surface area contributed by atoms with E-state index in [1.165, 1.54) is 6.07 Å². The molecular weight excluding hydrogens is 204 g/mol. The van der Waals surface area contributed by atoms with Gasteiger partial charge in [-0.3, -0.25) is 4.55 Å². The number of benzene rings is 1. The second kappa shape index (κ2) is 2.79. The highest BCUT2D eigenvalue weighted by Gasteiger charge is 2.47. The van der Waals surface area contributed by atoms with Gasteiger partial charge in [0.25, 0.3) is 10.1 Å². The number of fused-ring (bicyclic) bond motifs is 1. The van der Waals surface area contributed by atoms with Crippen LogP contribution < -0.4 is 0 Å². The molecule has 0 heterocycles. The van der Waals surface area contributed by atoms with Crippen LogP contribution in [0.2, 0.25) is 0 Å². The van der Waals surface area contributed by atoms with Gasteiger partial charge in [-0.15, -0.1) is 0 Å². The van der Waals surface area contributed by atoms with Crippen LogP contribution in [0.5, 0.6) is 0 Å². The van der Waals surface area contributed by atoms with E-state index in [0.717, 1.165) is 5.56 Å². The molecule has 1 aliphatic rings. The first kappa shape index (κ1) is 9.64. The van der Waals surface area contributed by atoms with Gasteiger partial charge in [-0.2, -0.15) is 8.42 Å². The van der Waals surface area contributed by atoms with E-state index in [2.05, 4.69) is 0 Å². The molecule has 0 bridgehead atoms. The molecule has 4 nitrogen and oxygen atoms in total. The van der Waals surface area contributed by atoms with Gasteiger partial charge in [0.1, 0.15) is 0 Å². The lowest BCUT2D eigenvalue weighted by Crippen LogP contribution is -2.32. The molecule has 1 atom stereocenters. The maximum absolute atomic E-state index is 11.0. The summed E-state index contributed by atoms with van der Waals surface area (Å²) in [7, 11) is -4.46. The van der Waals surface area contributed by atoms with Crippen LogP contribution in [0.4, 0.5) is 0 Å². The van der Waals surface area contributed by atoms with Crippen molar-refractivity contribution in [3.63, 3.8) is 0 Å². The van der Waals surface area contributed by atoms with Crippen molar-refractivity contribution in [3.8, 4) is 0 Å². The monoisotopic (exact) mass is 214 g/mol. The van der Waals surface area contributed by atoms with E-state index in [0.29, 0.717) is 12.0 Å². The zero-order valence-electron chi connectivity index (χ0n) is 7.34. The third kappa shape index (κ3) is 1.17. The predicted molar refractivity (Wildman–Crippen MR) is 50.2 cm³/mol. The van der Waals surface area contributed by atoms with E-state index in [4.69, 9.17) is 4.55 Å². The molecule has 0 aromatic heterocycles. The summed E-state index contributed by atoms with van der Waals surface area (Å²) in [5.74, 6) is 0. The van der Waals surface area contributed by atoms with E-state index in [9.17, 15) is 13.5 Å². The molecule has 76 valence electrons. The van der Waals surface area contributed by atoms with Crippen LogP contribution >= 0.6 is 0 Å². The Kier molecular flexibility index (Phi) is 1.92. The highest BCUT2D eigenvalue weighted by molar-refractivity contribution is 7.86. The largest absolute Gasteiger partial charge is 0.369 e. The fraction of sp³-hybridized carbons (Fsp3) is 0.333. The fourth-order valence-electron chi connectivity index (χ4n) is 1.83. The topological polar surface area (TPSA) is 74.6 Å². The van der Waals surface area contributed by atoms with Gasteiger partial charge < -0.3 is 5.11 Å². The van der Waals surface area contributed by atoms with Crippen LogP contribution in [0.3, 0.4) is 0 Å². The Balaban J connectivity index is 2.64. The van der Waals surface area contributed by atoms with Gasteiger partial charge >= 0.3 is 0 Å². The molecule has 2 N–H and O–H groups in total. The van der Waals surface area contributed by atoms with E-state index in [-0.39, 0.29) is 6.42 Å². The summed E-state index contributed by atoms with van der Waals surface area (Å²) in [5, 5.41) is 9.84. The number of hydrogen-bond donors (Lipinski definition) is 2. The molecule has 1 aliphatic carbocycles. The summed E-state index contributed by atoms with van der Waals surface area (Å²) in [6.45, 7) is 0. The summed E-state index contributed by atoms with van der Waals surface area (Å²) >= 11 is 0. The van der Waals surface area contributed by atoms with E-state index < -0.39 is 15.1 Å². The lowest BCUT2D eigenvalue weighted by molar-refractivity contribution is 0.114. The van der Waals surface area contributed by atoms with Crippen LogP contribution in [0.15, 0.2) is 24.3 Å². The third-order valence-corrected chi connectivity index (χ3v) is 3.88. The summed E-state index contributed by atoms with van der Waals surface area (Å²) in [6.07, 6.45) is 0.484. The Morgan fingerprint density at radius 3 is 2.57 bits per heavy atom. The van der Waals surface area contributed by atoms with Crippen LogP contribution in [-0.4, -0.2) is 18.1 Å². The van der Waals surface area contributed by atoms with Crippen molar-refractivity contribution in [3.05, 3.63) is 35.4 Å².